The first-order valence-corrected chi connectivity index (χ1v) is 8.39. The number of rotatable bonds is 6. The summed E-state index contributed by atoms with van der Waals surface area (Å²) in [6, 6.07) is 8.90. The molecule has 2 rings (SSSR count). The van der Waals surface area contributed by atoms with Gasteiger partial charge in [0, 0.05) is 6.54 Å². The number of carbonyl (C=O) groups is 2. The highest BCUT2D eigenvalue weighted by Gasteiger charge is 2.25. The highest BCUT2D eigenvalue weighted by Crippen LogP contribution is 2.20. The summed E-state index contributed by atoms with van der Waals surface area (Å²) >= 11 is 0. The molecule has 6 nitrogen and oxygen atoms in total. The Kier molecular flexibility index (Phi) is 5.62. The standard InChI is InChI=1S/C19H25N3O3/c1-5-16-15(12-21-22(16)19(2,3)4)17(23)20-11-14(18(24)25)13-9-7-6-8-10-13/h6-10,12,14H,5,11H2,1-4H3,(H,20,23)(H,24,25). The van der Waals surface area contributed by atoms with E-state index in [4.69, 9.17) is 0 Å². The van der Waals surface area contributed by atoms with Crippen molar-refractivity contribution in [2.75, 3.05) is 6.54 Å². The number of benzene rings is 1. The van der Waals surface area contributed by atoms with Gasteiger partial charge in [0.1, 0.15) is 0 Å². The zero-order valence-electron chi connectivity index (χ0n) is 15.1. The van der Waals surface area contributed by atoms with Gasteiger partial charge in [-0.05, 0) is 32.8 Å². The number of aliphatic carboxylic acids is 1. The summed E-state index contributed by atoms with van der Waals surface area (Å²) in [5.74, 6) is -2.05. The van der Waals surface area contributed by atoms with Crippen molar-refractivity contribution in [1.82, 2.24) is 15.1 Å². The number of aromatic nitrogens is 2. The lowest BCUT2D eigenvalue weighted by atomic mass is 9.99. The van der Waals surface area contributed by atoms with Gasteiger partial charge in [0.05, 0.1) is 28.9 Å². The van der Waals surface area contributed by atoms with Gasteiger partial charge in [-0.15, -0.1) is 0 Å². The van der Waals surface area contributed by atoms with E-state index >= 15 is 0 Å². The van der Waals surface area contributed by atoms with Crippen LogP contribution in [-0.2, 0) is 16.8 Å². The van der Waals surface area contributed by atoms with Crippen LogP contribution in [0.2, 0.25) is 0 Å². The molecule has 1 aromatic carbocycles. The molecule has 0 saturated carbocycles. The lowest BCUT2D eigenvalue weighted by Crippen LogP contribution is -2.32. The highest BCUT2D eigenvalue weighted by atomic mass is 16.4. The molecular weight excluding hydrogens is 318 g/mol. The Morgan fingerprint density at radius 2 is 1.88 bits per heavy atom. The van der Waals surface area contributed by atoms with E-state index in [1.165, 1.54) is 0 Å². The van der Waals surface area contributed by atoms with Crippen molar-refractivity contribution in [3.8, 4) is 0 Å². The molecule has 0 saturated heterocycles. The molecule has 25 heavy (non-hydrogen) atoms. The van der Waals surface area contributed by atoms with E-state index in [0.29, 0.717) is 17.5 Å². The molecule has 1 atom stereocenters. The second-order valence-electron chi connectivity index (χ2n) is 6.95. The molecule has 1 amide bonds. The smallest absolute Gasteiger partial charge is 0.312 e. The Morgan fingerprint density at radius 1 is 1.24 bits per heavy atom. The molecule has 134 valence electrons. The van der Waals surface area contributed by atoms with Crippen molar-refractivity contribution < 1.29 is 14.7 Å². The maximum atomic E-state index is 12.6. The average Bonchev–Trinajstić information content (AvgIpc) is 3.00. The van der Waals surface area contributed by atoms with Gasteiger partial charge in [-0.1, -0.05) is 37.3 Å². The Hall–Kier alpha value is -2.63. The number of nitrogens with zero attached hydrogens (tertiary/aromatic N) is 2. The van der Waals surface area contributed by atoms with Crippen molar-refractivity contribution in [3.63, 3.8) is 0 Å². The van der Waals surface area contributed by atoms with E-state index in [0.717, 1.165) is 5.69 Å². The first-order valence-electron chi connectivity index (χ1n) is 8.39. The van der Waals surface area contributed by atoms with Crippen LogP contribution in [-0.4, -0.2) is 33.3 Å². The summed E-state index contributed by atoms with van der Waals surface area (Å²) in [7, 11) is 0. The first kappa shape index (κ1) is 18.7. The van der Waals surface area contributed by atoms with Crippen LogP contribution in [0.25, 0.3) is 0 Å². The number of amides is 1. The molecule has 0 radical (unpaired) electrons. The van der Waals surface area contributed by atoms with Gasteiger partial charge in [-0.2, -0.15) is 5.10 Å². The number of hydrogen-bond donors (Lipinski definition) is 2. The van der Waals surface area contributed by atoms with Gasteiger partial charge in [0.2, 0.25) is 0 Å². The number of nitrogens with one attached hydrogen (secondary N) is 1. The molecule has 1 unspecified atom stereocenters. The fourth-order valence-electron chi connectivity index (χ4n) is 2.80. The van der Waals surface area contributed by atoms with E-state index in [9.17, 15) is 14.7 Å². The van der Waals surface area contributed by atoms with E-state index in [-0.39, 0.29) is 18.0 Å². The van der Waals surface area contributed by atoms with E-state index in [1.807, 2.05) is 38.4 Å². The second-order valence-corrected chi connectivity index (χ2v) is 6.95. The molecule has 2 aromatic rings. The topological polar surface area (TPSA) is 84.2 Å². The van der Waals surface area contributed by atoms with Crippen LogP contribution in [0, 0.1) is 0 Å². The quantitative estimate of drug-likeness (QED) is 0.845. The van der Waals surface area contributed by atoms with Crippen molar-refractivity contribution in [2.45, 2.75) is 45.6 Å². The van der Waals surface area contributed by atoms with Crippen LogP contribution < -0.4 is 5.32 Å². The Bertz CT molecular complexity index is 745. The summed E-state index contributed by atoms with van der Waals surface area (Å²) in [4.78, 5) is 24.1. The van der Waals surface area contributed by atoms with Crippen LogP contribution >= 0.6 is 0 Å². The monoisotopic (exact) mass is 343 g/mol. The predicted octanol–water partition coefficient (Wildman–Crippen LogP) is 2.80. The minimum absolute atomic E-state index is 0.0298. The molecule has 0 bridgehead atoms. The fraction of sp³-hybridized carbons (Fsp3) is 0.421. The third-order valence-electron chi connectivity index (χ3n) is 4.05. The summed E-state index contributed by atoms with van der Waals surface area (Å²) < 4.78 is 1.84. The van der Waals surface area contributed by atoms with Gasteiger partial charge in [-0.3, -0.25) is 14.3 Å². The molecule has 2 N–H and O–H groups in total. The zero-order chi connectivity index (χ0) is 18.6. The minimum atomic E-state index is -0.965. The van der Waals surface area contributed by atoms with E-state index in [1.54, 1.807) is 30.5 Å². The second kappa shape index (κ2) is 7.51. The molecule has 0 aliphatic heterocycles. The van der Waals surface area contributed by atoms with Crippen molar-refractivity contribution in [2.24, 2.45) is 0 Å². The van der Waals surface area contributed by atoms with Crippen LogP contribution in [0.4, 0.5) is 0 Å². The Labute approximate surface area is 147 Å². The SMILES string of the molecule is CCc1c(C(=O)NCC(C(=O)O)c2ccccc2)cnn1C(C)(C)C. The third kappa shape index (κ3) is 4.26. The van der Waals surface area contributed by atoms with Crippen molar-refractivity contribution >= 4 is 11.9 Å². The predicted molar refractivity (Wildman–Crippen MR) is 95.8 cm³/mol. The molecule has 1 heterocycles. The highest BCUT2D eigenvalue weighted by molar-refractivity contribution is 5.95. The molecule has 0 aliphatic carbocycles. The van der Waals surface area contributed by atoms with Gasteiger partial charge in [0.15, 0.2) is 0 Å². The molecule has 0 spiro atoms. The fourth-order valence-corrected chi connectivity index (χ4v) is 2.80. The van der Waals surface area contributed by atoms with Gasteiger partial charge in [-0.25, -0.2) is 0 Å². The van der Waals surface area contributed by atoms with Gasteiger partial charge in [0.25, 0.3) is 5.91 Å². The van der Waals surface area contributed by atoms with Gasteiger partial charge < -0.3 is 10.4 Å². The maximum Gasteiger partial charge on any atom is 0.312 e. The lowest BCUT2D eigenvalue weighted by Gasteiger charge is -2.22. The number of hydrogen-bond acceptors (Lipinski definition) is 3. The third-order valence-corrected chi connectivity index (χ3v) is 4.05. The van der Waals surface area contributed by atoms with Gasteiger partial charge >= 0.3 is 5.97 Å². The average molecular weight is 343 g/mol. The van der Waals surface area contributed by atoms with Crippen LogP contribution in [0.1, 0.15) is 55.2 Å². The van der Waals surface area contributed by atoms with E-state index in [2.05, 4.69) is 10.4 Å². The molecule has 0 aliphatic rings. The zero-order valence-corrected chi connectivity index (χ0v) is 15.1. The molecule has 0 fully saturated rings. The summed E-state index contributed by atoms with van der Waals surface area (Å²) in [5.41, 5.74) is 1.78. The summed E-state index contributed by atoms with van der Waals surface area (Å²) in [5, 5.41) is 16.5. The number of carboxylic acids is 1. The van der Waals surface area contributed by atoms with Crippen LogP contribution in [0.3, 0.4) is 0 Å². The molecular formula is C19H25N3O3. The van der Waals surface area contributed by atoms with Crippen LogP contribution in [0.15, 0.2) is 36.5 Å². The van der Waals surface area contributed by atoms with Crippen molar-refractivity contribution in [1.29, 1.82) is 0 Å². The first-order chi connectivity index (χ1) is 11.8. The van der Waals surface area contributed by atoms with Crippen LogP contribution in [0.5, 0.6) is 0 Å². The van der Waals surface area contributed by atoms with E-state index < -0.39 is 11.9 Å². The minimum Gasteiger partial charge on any atom is -0.481 e. The van der Waals surface area contributed by atoms with Crippen molar-refractivity contribution in [3.05, 3.63) is 53.3 Å². The Balaban J connectivity index is 2.17. The molecule has 6 heteroatoms. The normalized spacial score (nSPS) is 12.6. The maximum absolute atomic E-state index is 12.6. The molecule has 1 aromatic heterocycles. The Morgan fingerprint density at radius 3 is 2.40 bits per heavy atom. The summed E-state index contributed by atoms with van der Waals surface area (Å²) in [6.07, 6.45) is 2.22. The summed E-state index contributed by atoms with van der Waals surface area (Å²) in [6.45, 7) is 8.08. The number of carboxylic acid groups (broad SMARTS) is 1. The largest absolute Gasteiger partial charge is 0.481 e. The number of carbonyl (C=O) groups excluding carboxylic acids is 1. The lowest BCUT2D eigenvalue weighted by molar-refractivity contribution is -0.138.